The lowest BCUT2D eigenvalue weighted by molar-refractivity contribution is 0.0504. The van der Waals surface area contributed by atoms with Gasteiger partial charge < -0.3 is 9.67 Å². The molecule has 3 nitrogen and oxygen atoms in total. The van der Waals surface area contributed by atoms with Crippen LogP contribution < -0.4 is 0 Å². The molecule has 1 fully saturated rings. The van der Waals surface area contributed by atoms with Crippen LogP contribution in [0.3, 0.4) is 0 Å². The van der Waals surface area contributed by atoms with E-state index in [1.165, 1.54) is 6.07 Å². The molecule has 1 aromatic carbocycles. The van der Waals surface area contributed by atoms with Crippen molar-refractivity contribution < 1.29 is 9.50 Å². The molecule has 4 heteroatoms. The second kappa shape index (κ2) is 4.42. The summed E-state index contributed by atoms with van der Waals surface area (Å²) in [6, 6.07) is 5.06. The fraction of sp³-hybridized carbons (Fsp3) is 0.438. The lowest BCUT2D eigenvalue weighted by atomic mass is 9.79. The first-order chi connectivity index (χ1) is 9.75. The maximum Gasteiger partial charge on any atom is 0.123 e. The van der Waals surface area contributed by atoms with E-state index in [0.717, 1.165) is 42.5 Å². The van der Waals surface area contributed by atoms with Gasteiger partial charge in [0.15, 0.2) is 0 Å². The third-order valence-corrected chi connectivity index (χ3v) is 4.76. The normalized spacial score (nSPS) is 28.2. The van der Waals surface area contributed by atoms with E-state index in [9.17, 15) is 9.50 Å². The molecule has 1 N–H and O–H groups in total. The molecule has 2 aliphatic rings. The summed E-state index contributed by atoms with van der Waals surface area (Å²) >= 11 is 0. The second-order valence-corrected chi connectivity index (χ2v) is 5.88. The monoisotopic (exact) mass is 272 g/mol. The van der Waals surface area contributed by atoms with Crippen molar-refractivity contribution >= 4 is 0 Å². The SMILES string of the molecule is O[C@H]1CCCC[C@@H]1[C@@H]1c2ccc(F)cc2-c2cncn21. The van der Waals surface area contributed by atoms with Crippen LogP contribution in [-0.2, 0) is 0 Å². The van der Waals surface area contributed by atoms with Crippen LogP contribution in [0.2, 0.25) is 0 Å². The molecule has 0 bridgehead atoms. The van der Waals surface area contributed by atoms with Gasteiger partial charge in [-0.05, 0) is 30.5 Å². The average Bonchev–Trinajstić information content (AvgIpc) is 3.00. The van der Waals surface area contributed by atoms with Crippen molar-refractivity contribution in [2.24, 2.45) is 5.92 Å². The van der Waals surface area contributed by atoms with E-state index in [4.69, 9.17) is 0 Å². The molecule has 1 aromatic heterocycles. The van der Waals surface area contributed by atoms with Crippen molar-refractivity contribution in [3.63, 3.8) is 0 Å². The standard InChI is InChI=1S/C16H17FN2O/c17-10-5-6-11-13(7-10)14-8-18-9-19(14)16(11)12-3-1-2-4-15(12)20/h5-9,12,15-16,20H,1-4H2/t12-,15-,16-/m0/s1. The summed E-state index contributed by atoms with van der Waals surface area (Å²) in [6.45, 7) is 0. The van der Waals surface area contributed by atoms with Gasteiger partial charge in [-0.2, -0.15) is 0 Å². The highest BCUT2D eigenvalue weighted by Gasteiger charge is 2.38. The van der Waals surface area contributed by atoms with Crippen molar-refractivity contribution in [1.29, 1.82) is 0 Å². The minimum Gasteiger partial charge on any atom is -0.393 e. The van der Waals surface area contributed by atoms with Crippen molar-refractivity contribution in [2.75, 3.05) is 0 Å². The summed E-state index contributed by atoms with van der Waals surface area (Å²) in [4.78, 5) is 4.20. The van der Waals surface area contributed by atoms with Crippen molar-refractivity contribution in [2.45, 2.75) is 37.8 Å². The van der Waals surface area contributed by atoms with E-state index < -0.39 is 0 Å². The average molecular weight is 272 g/mol. The zero-order valence-corrected chi connectivity index (χ0v) is 11.2. The van der Waals surface area contributed by atoms with E-state index in [1.54, 1.807) is 18.6 Å². The predicted molar refractivity (Wildman–Crippen MR) is 73.7 cm³/mol. The summed E-state index contributed by atoms with van der Waals surface area (Å²) in [7, 11) is 0. The zero-order chi connectivity index (χ0) is 13.7. The maximum atomic E-state index is 13.5. The number of imidazole rings is 1. The first kappa shape index (κ1) is 12.1. The molecular weight excluding hydrogens is 255 g/mol. The lowest BCUT2D eigenvalue weighted by Gasteiger charge is -2.33. The van der Waals surface area contributed by atoms with E-state index in [-0.39, 0.29) is 23.9 Å². The number of aliphatic hydroxyl groups is 1. The third kappa shape index (κ3) is 1.64. The Morgan fingerprint density at radius 2 is 2.10 bits per heavy atom. The summed E-state index contributed by atoms with van der Waals surface area (Å²) in [6.07, 6.45) is 7.44. The Morgan fingerprint density at radius 1 is 1.25 bits per heavy atom. The fourth-order valence-corrected chi connectivity index (χ4v) is 3.84. The Morgan fingerprint density at radius 3 is 2.95 bits per heavy atom. The molecule has 2 heterocycles. The van der Waals surface area contributed by atoms with Crippen LogP contribution >= 0.6 is 0 Å². The maximum absolute atomic E-state index is 13.5. The van der Waals surface area contributed by atoms with Gasteiger partial charge in [0.1, 0.15) is 5.82 Å². The van der Waals surface area contributed by atoms with Crippen LogP contribution in [0.5, 0.6) is 0 Å². The Hall–Kier alpha value is -1.68. The first-order valence-corrected chi connectivity index (χ1v) is 7.25. The number of fused-ring (bicyclic) bond motifs is 3. The molecule has 20 heavy (non-hydrogen) atoms. The van der Waals surface area contributed by atoms with Gasteiger partial charge in [0.2, 0.25) is 0 Å². The molecule has 0 saturated heterocycles. The zero-order valence-electron chi connectivity index (χ0n) is 11.2. The first-order valence-electron chi connectivity index (χ1n) is 7.25. The Kier molecular flexibility index (Phi) is 2.67. The van der Waals surface area contributed by atoms with Gasteiger partial charge in [-0.3, -0.25) is 0 Å². The van der Waals surface area contributed by atoms with E-state index in [0.29, 0.717) is 0 Å². The molecule has 3 atom stereocenters. The van der Waals surface area contributed by atoms with E-state index in [2.05, 4.69) is 9.55 Å². The van der Waals surface area contributed by atoms with Crippen LogP contribution in [0.4, 0.5) is 4.39 Å². The molecule has 0 spiro atoms. The molecule has 0 unspecified atom stereocenters. The van der Waals surface area contributed by atoms with Gasteiger partial charge in [-0.15, -0.1) is 0 Å². The van der Waals surface area contributed by atoms with Crippen molar-refractivity contribution in [3.8, 4) is 11.3 Å². The van der Waals surface area contributed by atoms with Crippen molar-refractivity contribution in [1.82, 2.24) is 9.55 Å². The van der Waals surface area contributed by atoms with E-state index >= 15 is 0 Å². The Bertz CT molecular complexity index is 652. The quantitative estimate of drug-likeness (QED) is 0.866. The minimum atomic E-state index is -0.278. The number of nitrogens with zero attached hydrogens (tertiary/aromatic N) is 2. The number of aromatic nitrogens is 2. The molecule has 1 aliphatic heterocycles. The lowest BCUT2D eigenvalue weighted by Crippen LogP contribution is -2.31. The number of rotatable bonds is 1. The van der Waals surface area contributed by atoms with Gasteiger partial charge in [0, 0.05) is 11.5 Å². The predicted octanol–water partition coefficient (Wildman–Crippen LogP) is 3.14. The molecule has 1 aliphatic carbocycles. The number of halogens is 1. The number of benzene rings is 1. The molecular formula is C16H17FN2O. The Labute approximate surface area is 117 Å². The molecule has 4 rings (SSSR count). The number of hydrogen-bond acceptors (Lipinski definition) is 2. The summed E-state index contributed by atoms with van der Waals surface area (Å²) < 4.78 is 15.6. The van der Waals surface area contributed by atoms with E-state index in [1.807, 2.05) is 6.07 Å². The van der Waals surface area contributed by atoms with Gasteiger partial charge in [-0.1, -0.05) is 18.9 Å². The molecule has 1 saturated carbocycles. The highest BCUT2D eigenvalue weighted by Crippen LogP contribution is 2.47. The second-order valence-electron chi connectivity index (χ2n) is 5.88. The van der Waals surface area contributed by atoms with Gasteiger partial charge >= 0.3 is 0 Å². The molecule has 0 amide bonds. The highest BCUT2D eigenvalue weighted by molar-refractivity contribution is 5.69. The van der Waals surface area contributed by atoms with Gasteiger partial charge in [-0.25, -0.2) is 9.37 Å². The van der Waals surface area contributed by atoms with Crippen LogP contribution in [0, 0.1) is 11.7 Å². The van der Waals surface area contributed by atoms with Crippen LogP contribution in [0.25, 0.3) is 11.3 Å². The Balaban J connectivity index is 1.85. The van der Waals surface area contributed by atoms with Crippen LogP contribution in [0.15, 0.2) is 30.7 Å². The summed E-state index contributed by atoms with van der Waals surface area (Å²) in [5, 5.41) is 10.4. The largest absolute Gasteiger partial charge is 0.393 e. The minimum absolute atomic E-state index is 0.0957. The number of hydrogen-bond donors (Lipinski definition) is 1. The fourth-order valence-electron chi connectivity index (χ4n) is 3.84. The molecule has 104 valence electrons. The van der Waals surface area contributed by atoms with Gasteiger partial charge in [0.05, 0.1) is 30.4 Å². The highest BCUT2D eigenvalue weighted by atomic mass is 19.1. The summed E-state index contributed by atoms with van der Waals surface area (Å²) in [5.41, 5.74) is 3.00. The molecule has 0 radical (unpaired) electrons. The van der Waals surface area contributed by atoms with Crippen molar-refractivity contribution in [3.05, 3.63) is 42.1 Å². The van der Waals surface area contributed by atoms with Crippen LogP contribution in [0.1, 0.15) is 37.3 Å². The topological polar surface area (TPSA) is 38.1 Å². The van der Waals surface area contributed by atoms with Gasteiger partial charge in [0.25, 0.3) is 0 Å². The summed E-state index contributed by atoms with van der Waals surface area (Å²) in [5.74, 6) is -0.0234. The third-order valence-electron chi connectivity index (χ3n) is 4.76. The molecule has 2 aromatic rings. The number of aliphatic hydroxyl groups excluding tert-OH is 1. The smallest absolute Gasteiger partial charge is 0.123 e. The van der Waals surface area contributed by atoms with Crippen LogP contribution in [-0.4, -0.2) is 20.8 Å².